The fourth-order valence-electron chi connectivity index (χ4n) is 2.32. The predicted molar refractivity (Wildman–Crippen MR) is 110 cm³/mol. The summed E-state index contributed by atoms with van der Waals surface area (Å²) in [7, 11) is 1.70. The van der Waals surface area contributed by atoms with Crippen LogP contribution in [0.4, 0.5) is 5.69 Å². The monoisotopic (exact) mass is 409 g/mol. The first-order valence-electron chi connectivity index (χ1n) is 8.75. The van der Waals surface area contributed by atoms with Crippen LogP contribution < -0.4 is 5.32 Å². The first-order valence-corrected chi connectivity index (χ1v) is 9.74. The molecule has 3 rings (SSSR count). The molecule has 1 heterocycles. The average molecular weight is 409 g/mol. The summed E-state index contributed by atoms with van der Waals surface area (Å²) in [5.74, 6) is -0.448. The highest BCUT2D eigenvalue weighted by molar-refractivity contribution is 7.99. The van der Waals surface area contributed by atoms with Crippen LogP contribution in [-0.2, 0) is 16.6 Å². The van der Waals surface area contributed by atoms with Gasteiger partial charge in [-0.3, -0.25) is 4.79 Å². The van der Waals surface area contributed by atoms with Crippen LogP contribution in [0.25, 0.3) is 6.08 Å². The number of aromatic nitrogens is 4. The van der Waals surface area contributed by atoms with Gasteiger partial charge in [-0.15, -0.1) is 5.10 Å². The van der Waals surface area contributed by atoms with Crippen molar-refractivity contribution >= 4 is 35.4 Å². The van der Waals surface area contributed by atoms with Gasteiger partial charge in [-0.25, -0.2) is 9.48 Å². The van der Waals surface area contributed by atoms with Gasteiger partial charge in [0.15, 0.2) is 0 Å². The number of aryl methyl sites for hydroxylation is 1. The number of rotatable bonds is 8. The van der Waals surface area contributed by atoms with Gasteiger partial charge in [0.2, 0.25) is 11.1 Å². The molecule has 0 aliphatic carbocycles. The van der Waals surface area contributed by atoms with E-state index in [1.807, 2.05) is 36.4 Å². The number of esters is 1. The molecule has 0 bridgehead atoms. The number of anilines is 1. The van der Waals surface area contributed by atoms with Crippen LogP contribution in [0, 0.1) is 0 Å². The van der Waals surface area contributed by atoms with Crippen LogP contribution in [-0.4, -0.2) is 44.4 Å². The van der Waals surface area contributed by atoms with Crippen molar-refractivity contribution in [3.8, 4) is 0 Å². The summed E-state index contributed by atoms with van der Waals surface area (Å²) in [6.45, 7) is 0.181. The summed E-state index contributed by atoms with van der Waals surface area (Å²) in [6.07, 6.45) is 3.67. The summed E-state index contributed by atoms with van der Waals surface area (Å²) in [4.78, 5) is 24.1. The van der Waals surface area contributed by atoms with Gasteiger partial charge < -0.3 is 10.1 Å². The van der Waals surface area contributed by atoms with Crippen LogP contribution in [0.15, 0.2) is 65.8 Å². The molecule has 0 aliphatic rings. The summed E-state index contributed by atoms with van der Waals surface area (Å²) in [5.41, 5.74) is 2.04. The largest absolute Gasteiger partial charge is 0.458 e. The molecule has 3 aromatic rings. The molecule has 29 heavy (non-hydrogen) atoms. The van der Waals surface area contributed by atoms with E-state index in [-0.39, 0.29) is 18.3 Å². The topological polar surface area (TPSA) is 99.0 Å². The van der Waals surface area contributed by atoms with Crippen molar-refractivity contribution in [2.75, 3.05) is 17.7 Å². The molecule has 1 amide bonds. The maximum atomic E-state index is 12.1. The van der Waals surface area contributed by atoms with Gasteiger partial charge in [-0.1, -0.05) is 48.2 Å². The van der Waals surface area contributed by atoms with Gasteiger partial charge in [-0.2, -0.15) is 0 Å². The lowest BCUT2D eigenvalue weighted by Gasteiger charge is -2.06. The second-order valence-corrected chi connectivity index (χ2v) is 6.85. The maximum Gasteiger partial charge on any atom is 0.338 e. The van der Waals surface area contributed by atoms with Crippen LogP contribution in [0.2, 0.25) is 0 Å². The van der Waals surface area contributed by atoms with E-state index in [1.54, 1.807) is 37.4 Å². The Morgan fingerprint density at radius 2 is 1.90 bits per heavy atom. The van der Waals surface area contributed by atoms with E-state index in [2.05, 4.69) is 20.8 Å². The lowest BCUT2D eigenvalue weighted by atomic mass is 10.2. The van der Waals surface area contributed by atoms with Crippen molar-refractivity contribution in [3.05, 3.63) is 71.8 Å². The van der Waals surface area contributed by atoms with E-state index in [0.29, 0.717) is 16.4 Å². The quantitative estimate of drug-likeness (QED) is 0.451. The zero-order valence-corrected chi connectivity index (χ0v) is 16.5. The second-order valence-electron chi connectivity index (χ2n) is 5.91. The van der Waals surface area contributed by atoms with Crippen molar-refractivity contribution in [3.63, 3.8) is 0 Å². The van der Waals surface area contributed by atoms with Crippen molar-refractivity contribution in [1.29, 1.82) is 0 Å². The summed E-state index contributed by atoms with van der Waals surface area (Å²) in [6, 6.07) is 16.3. The number of ether oxygens (including phenoxy) is 1. The Bertz CT molecular complexity index is 987. The molecule has 0 aliphatic heterocycles. The number of hydrogen-bond acceptors (Lipinski definition) is 7. The number of carbonyl (C=O) groups is 2. The third-order valence-electron chi connectivity index (χ3n) is 3.74. The Kier molecular flexibility index (Phi) is 7.12. The first kappa shape index (κ1) is 20.3. The minimum atomic E-state index is -0.425. The lowest BCUT2D eigenvalue weighted by Crippen LogP contribution is -2.14. The highest BCUT2D eigenvalue weighted by Crippen LogP contribution is 2.15. The molecule has 1 N–H and O–H groups in total. The van der Waals surface area contributed by atoms with Crippen molar-refractivity contribution < 1.29 is 14.3 Å². The molecule has 0 radical (unpaired) electrons. The molecule has 0 atom stereocenters. The lowest BCUT2D eigenvalue weighted by molar-refractivity contribution is -0.113. The van der Waals surface area contributed by atoms with Crippen LogP contribution in [0.5, 0.6) is 0 Å². The Morgan fingerprint density at radius 1 is 1.14 bits per heavy atom. The molecule has 0 fully saturated rings. The molecular formula is C20H19N5O3S. The number of thioether (sulfide) groups is 1. The van der Waals surface area contributed by atoms with Crippen molar-refractivity contribution in [2.24, 2.45) is 7.05 Å². The standard InChI is InChI=1S/C20H19N5O3S/c1-25-20(22-23-24-25)29-14-18(26)21-17-11-9-16(10-12-17)19(27)28-13-5-8-15-6-3-2-4-7-15/h2-12H,13-14H2,1H3,(H,21,26)/b8-5+. The molecule has 8 nitrogen and oxygen atoms in total. The fraction of sp³-hybridized carbons (Fsp3) is 0.150. The van der Waals surface area contributed by atoms with E-state index in [0.717, 1.165) is 5.56 Å². The summed E-state index contributed by atoms with van der Waals surface area (Å²) in [5, 5.41) is 14.3. The Balaban J connectivity index is 1.44. The molecule has 0 saturated heterocycles. The van der Waals surface area contributed by atoms with E-state index in [4.69, 9.17) is 4.74 Å². The highest BCUT2D eigenvalue weighted by Gasteiger charge is 2.10. The fourth-order valence-corrected chi connectivity index (χ4v) is 2.97. The van der Waals surface area contributed by atoms with E-state index in [1.165, 1.54) is 16.4 Å². The van der Waals surface area contributed by atoms with Gasteiger partial charge in [0.05, 0.1) is 11.3 Å². The van der Waals surface area contributed by atoms with Crippen LogP contribution in [0.3, 0.4) is 0 Å². The smallest absolute Gasteiger partial charge is 0.338 e. The summed E-state index contributed by atoms with van der Waals surface area (Å²) >= 11 is 1.23. The van der Waals surface area contributed by atoms with E-state index in [9.17, 15) is 9.59 Å². The number of nitrogens with one attached hydrogen (secondary N) is 1. The average Bonchev–Trinajstić information content (AvgIpc) is 3.15. The molecule has 0 spiro atoms. The number of tetrazole rings is 1. The van der Waals surface area contributed by atoms with Gasteiger partial charge in [-0.05, 0) is 46.3 Å². The summed E-state index contributed by atoms with van der Waals surface area (Å²) < 4.78 is 6.72. The SMILES string of the molecule is Cn1nnnc1SCC(=O)Nc1ccc(C(=O)OC/C=C/c2ccccc2)cc1. The minimum absolute atomic E-state index is 0.172. The first-order chi connectivity index (χ1) is 14.1. The predicted octanol–water partition coefficient (Wildman–Crippen LogP) is 2.81. The number of amides is 1. The molecule has 0 unspecified atom stereocenters. The van der Waals surface area contributed by atoms with Gasteiger partial charge >= 0.3 is 5.97 Å². The maximum absolute atomic E-state index is 12.1. The molecule has 9 heteroatoms. The molecular weight excluding hydrogens is 390 g/mol. The van der Waals surface area contributed by atoms with Crippen LogP contribution in [0.1, 0.15) is 15.9 Å². The van der Waals surface area contributed by atoms with E-state index >= 15 is 0 Å². The molecule has 148 valence electrons. The molecule has 2 aromatic carbocycles. The Labute approximate surface area is 172 Å². The normalized spacial score (nSPS) is 10.8. The minimum Gasteiger partial charge on any atom is -0.458 e. The van der Waals surface area contributed by atoms with Crippen molar-refractivity contribution in [2.45, 2.75) is 5.16 Å². The van der Waals surface area contributed by atoms with Crippen molar-refractivity contribution in [1.82, 2.24) is 20.2 Å². The third kappa shape index (κ3) is 6.28. The third-order valence-corrected chi connectivity index (χ3v) is 4.75. The number of benzene rings is 2. The molecule has 0 saturated carbocycles. The van der Waals surface area contributed by atoms with Gasteiger partial charge in [0.1, 0.15) is 6.61 Å². The van der Waals surface area contributed by atoms with Gasteiger partial charge in [0.25, 0.3) is 0 Å². The van der Waals surface area contributed by atoms with E-state index < -0.39 is 5.97 Å². The zero-order valence-electron chi connectivity index (χ0n) is 15.7. The van der Waals surface area contributed by atoms with Gasteiger partial charge in [0, 0.05) is 12.7 Å². The second kappa shape index (κ2) is 10.2. The number of hydrogen-bond donors (Lipinski definition) is 1. The number of carbonyl (C=O) groups excluding carboxylic acids is 2. The highest BCUT2D eigenvalue weighted by atomic mass is 32.2. The Morgan fingerprint density at radius 3 is 2.59 bits per heavy atom. The zero-order chi connectivity index (χ0) is 20.5. The molecule has 1 aromatic heterocycles. The van der Waals surface area contributed by atoms with Crippen LogP contribution >= 0.6 is 11.8 Å². The Hall–Kier alpha value is -3.46. The number of nitrogens with zero attached hydrogens (tertiary/aromatic N) is 4.